The Hall–Kier alpha value is -4.76. The Labute approximate surface area is 336 Å². The van der Waals surface area contributed by atoms with E-state index in [1.807, 2.05) is 120 Å². The van der Waals surface area contributed by atoms with Gasteiger partial charge in [0.2, 0.25) is 6.29 Å². The molecule has 0 bridgehead atoms. The van der Waals surface area contributed by atoms with Gasteiger partial charge in [-0.3, -0.25) is 9.97 Å². The molecule has 7 nitrogen and oxygen atoms in total. The molecule has 6 rings (SSSR count). The highest BCUT2D eigenvalue weighted by Crippen LogP contribution is 2.33. The van der Waals surface area contributed by atoms with Crippen molar-refractivity contribution in [2.24, 2.45) is 0 Å². The van der Waals surface area contributed by atoms with Crippen LogP contribution in [-0.4, -0.2) is 29.8 Å². The van der Waals surface area contributed by atoms with Crippen LogP contribution in [0.1, 0.15) is 68.2 Å². The Morgan fingerprint density at radius 1 is 0.582 bits per heavy atom. The third-order valence-electron chi connectivity index (χ3n) is 8.54. The van der Waals surface area contributed by atoms with Gasteiger partial charge in [-0.15, -0.1) is 0 Å². The van der Waals surface area contributed by atoms with Crippen LogP contribution in [0.25, 0.3) is 22.3 Å². The van der Waals surface area contributed by atoms with Crippen molar-refractivity contribution in [1.29, 1.82) is 0 Å². The second-order valence-electron chi connectivity index (χ2n) is 12.8. The molecule has 0 aliphatic rings. The number of pyridine rings is 2. The van der Waals surface area contributed by atoms with Crippen LogP contribution in [0.5, 0.6) is 0 Å². The standard InChI is InChI=1S/C23H25ClN2O2.C13H12ClN.C10H15NO/c1-4-27-23(28-5-2)21-14-13-19(15-25-21)26-18-11-9-17(10-12-18)22-16(3)7-6-8-20(22)24;1-9-3-2-4-12(14)13(9)10-5-7-11(15)8-6-10;1-4-12-9(3)10-6-5-8(2)7-11-10/h6-15,23,26H,4-5H2,1-3H3;2-8H,15H2,1H3;5-7,9H,4H2,1-3H3. The fourth-order valence-corrected chi connectivity index (χ4v) is 6.39. The van der Waals surface area contributed by atoms with Gasteiger partial charge in [0.15, 0.2) is 0 Å². The van der Waals surface area contributed by atoms with Gasteiger partial charge in [0, 0.05) is 58.6 Å². The Bertz CT molecular complexity index is 1990. The zero-order valence-electron chi connectivity index (χ0n) is 32.8. The lowest BCUT2D eigenvalue weighted by atomic mass is 10.0. The van der Waals surface area contributed by atoms with Gasteiger partial charge in [-0.1, -0.05) is 77.8 Å². The summed E-state index contributed by atoms with van der Waals surface area (Å²) in [6.07, 6.45) is 3.33. The number of halogens is 2. The van der Waals surface area contributed by atoms with Crippen LogP contribution in [0.15, 0.2) is 122 Å². The van der Waals surface area contributed by atoms with Gasteiger partial charge in [0.05, 0.1) is 29.4 Å². The molecule has 0 fully saturated rings. The van der Waals surface area contributed by atoms with Crippen molar-refractivity contribution in [2.45, 2.75) is 60.9 Å². The first-order valence-electron chi connectivity index (χ1n) is 18.5. The molecule has 4 aromatic carbocycles. The third-order valence-corrected chi connectivity index (χ3v) is 9.17. The molecule has 2 aromatic heterocycles. The quantitative estimate of drug-likeness (QED) is 0.0944. The minimum atomic E-state index is -0.429. The van der Waals surface area contributed by atoms with E-state index in [2.05, 4.69) is 59.5 Å². The van der Waals surface area contributed by atoms with Crippen LogP contribution in [0.2, 0.25) is 10.0 Å². The number of hydrogen-bond donors (Lipinski definition) is 2. The molecule has 0 aliphatic carbocycles. The molecule has 9 heteroatoms. The average Bonchev–Trinajstić information content (AvgIpc) is 3.17. The molecule has 1 atom stereocenters. The Kier molecular flexibility index (Phi) is 17.2. The molecular weight excluding hydrogens is 727 g/mol. The summed E-state index contributed by atoms with van der Waals surface area (Å²) in [5.74, 6) is 0. The number of rotatable bonds is 12. The monoisotopic (exact) mass is 778 g/mol. The highest BCUT2D eigenvalue weighted by atomic mass is 35.5. The molecule has 1 unspecified atom stereocenters. The van der Waals surface area contributed by atoms with Crippen LogP contribution in [-0.2, 0) is 14.2 Å². The highest BCUT2D eigenvalue weighted by molar-refractivity contribution is 6.33. The molecule has 0 aliphatic heterocycles. The van der Waals surface area contributed by atoms with Gasteiger partial charge in [-0.25, -0.2) is 0 Å². The summed E-state index contributed by atoms with van der Waals surface area (Å²) in [5.41, 5.74) is 17.9. The highest BCUT2D eigenvalue weighted by Gasteiger charge is 2.13. The Morgan fingerprint density at radius 2 is 1.07 bits per heavy atom. The van der Waals surface area contributed by atoms with E-state index in [4.69, 9.17) is 43.1 Å². The Morgan fingerprint density at radius 3 is 1.53 bits per heavy atom. The summed E-state index contributed by atoms with van der Waals surface area (Å²) in [5, 5.41) is 4.91. The van der Waals surface area contributed by atoms with Gasteiger partial charge in [-0.2, -0.15) is 0 Å². The average molecular weight is 780 g/mol. The molecule has 288 valence electrons. The van der Waals surface area contributed by atoms with Crippen molar-refractivity contribution in [3.63, 3.8) is 0 Å². The fraction of sp³-hybridized carbons (Fsp3) is 0.261. The number of aromatic nitrogens is 2. The summed E-state index contributed by atoms with van der Waals surface area (Å²) in [7, 11) is 0. The van der Waals surface area contributed by atoms with E-state index >= 15 is 0 Å². The summed E-state index contributed by atoms with van der Waals surface area (Å²) >= 11 is 12.5. The summed E-state index contributed by atoms with van der Waals surface area (Å²) in [6.45, 7) is 15.9. The summed E-state index contributed by atoms with van der Waals surface area (Å²) in [6, 6.07) is 35.8. The summed E-state index contributed by atoms with van der Waals surface area (Å²) < 4.78 is 16.6. The molecule has 55 heavy (non-hydrogen) atoms. The van der Waals surface area contributed by atoms with Gasteiger partial charge in [0.25, 0.3) is 0 Å². The molecular formula is C46H52Cl2N4O3. The van der Waals surface area contributed by atoms with E-state index in [0.717, 1.165) is 72.9 Å². The number of anilines is 3. The van der Waals surface area contributed by atoms with Gasteiger partial charge < -0.3 is 25.3 Å². The van der Waals surface area contributed by atoms with Crippen molar-refractivity contribution < 1.29 is 14.2 Å². The number of nitrogen functional groups attached to an aromatic ring is 1. The summed E-state index contributed by atoms with van der Waals surface area (Å²) in [4.78, 5) is 8.74. The third kappa shape index (κ3) is 12.9. The van der Waals surface area contributed by atoms with Crippen LogP contribution >= 0.6 is 23.2 Å². The SMILES string of the molecule is CCOC(C)c1ccc(C)cn1.CCOC(OCC)c1ccc(Nc2ccc(-c3c(C)cccc3Cl)cc2)cn1.Cc1cccc(Cl)c1-c1ccc(N)cc1. The van der Waals surface area contributed by atoms with Crippen molar-refractivity contribution in [3.05, 3.63) is 160 Å². The zero-order valence-corrected chi connectivity index (χ0v) is 34.3. The number of aryl methyl sites for hydroxylation is 3. The first-order valence-corrected chi connectivity index (χ1v) is 19.3. The molecule has 0 spiro atoms. The molecule has 2 heterocycles. The molecule has 6 aromatic rings. The molecule has 0 radical (unpaired) electrons. The minimum Gasteiger partial charge on any atom is -0.399 e. The predicted octanol–water partition coefficient (Wildman–Crippen LogP) is 12.9. The fourth-order valence-electron chi connectivity index (χ4n) is 5.73. The van der Waals surface area contributed by atoms with Crippen molar-refractivity contribution in [2.75, 3.05) is 30.9 Å². The molecule has 0 saturated heterocycles. The first-order chi connectivity index (χ1) is 26.5. The number of nitrogens with one attached hydrogen (secondary N) is 1. The maximum absolute atomic E-state index is 6.37. The van der Waals surface area contributed by atoms with Crippen molar-refractivity contribution >= 4 is 40.3 Å². The van der Waals surface area contributed by atoms with Crippen LogP contribution in [0, 0.1) is 20.8 Å². The molecule has 0 saturated carbocycles. The van der Waals surface area contributed by atoms with Gasteiger partial charge in [-0.05, 0) is 131 Å². The number of nitrogens with two attached hydrogens (primary N) is 1. The predicted molar refractivity (Wildman–Crippen MR) is 230 cm³/mol. The normalized spacial score (nSPS) is 11.2. The first kappa shape index (κ1) is 43.0. The van der Waals surface area contributed by atoms with E-state index in [1.54, 1.807) is 6.20 Å². The maximum atomic E-state index is 6.37. The van der Waals surface area contributed by atoms with E-state index in [0.29, 0.717) is 13.2 Å². The van der Waals surface area contributed by atoms with Crippen LogP contribution < -0.4 is 11.1 Å². The largest absolute Gasteiger partial charge is 0.399 e. The van der Waals surface area contributed by atoms with Gasteiger partial charge >= 0.3 is 0 Å². The van der Waals surface area contributed by atoms with E-state index < -0.39 is 6.29 Å². The smallest absolute Gasteiger partial charge is 0.201 e. The van der Waals surface area contributed by atoms with E-state index in [9.17, 15) is 0 Å². The van der Waals surface area contributed by atoms with Gasteiger partial charge in [0.1, 0.15) is 0 Å². The lowest BCUT2D eigenvalue weighted by Crippen LogP contribution is -2.10. The lowest BCUT2D eigenvalue weighted by molar-refractivity contribution is -0.142. The zero-order chi connectivity index (χ0) is 39.7. The van der Waals surface area contributed by atoms with Crippen LogP contribution in [0.4, 0.5) is 17.1 Å². The maximum Gasteiger partial charge on any atom is 0.201 e. The number of nitrogens with zero attached hydrogens (tertiary/aromatic N) is 2. The van der Waals surface area contributed by atoms with E-state index in [1.165, 1.54) is 11.1 Å². The van der Waals surface area contributed by atoms with Crippen molar-refractivity contribution in [3.8, 4) is 22.3 Å². The number of benzene rings is 4. The number of ether oxygens (including phenoxy) is 3. The van der Waals surface area contributed by atoms with Crippen LogP contribution in [0.3, 0.4) is 0 Å². The lowest BCUT2D eigenvalue weighted by Gasteiger charge is -2.16. The molecule has 3 N–H and O–H groups in total. The second kappa shape index (κ2) is 22.0. The van der Waals surface area contributed by atoms with Crippen molar-refractivity contribution in [1.82, 2.24) is 9.97 Å². The second-order valence-corrected chi connectivity index (χ2v) is 13.6. The Balaban J connectivity index is 0.000000208. The number of hydrogen-bond acceptors (Lipinski definition) is 7. The topological polar surface area (TPSA) is 91.5 Å². The van der Waals surface area contributed by atoms with E-state index in [-0.39, 0.29) is 6.10 Å². The minimum absolute atomic E-state index is 0.107. The molecule has 0 amide bonds.